The summed E-state index contributed by atoms with van der Waals surface area (Å²) in [5.41, 5.74) is 1.85. The second kappa shape index (κ2) is 5.12. The molecule has 1 N–H and O–H groups in total. The van der Waals surface area contributed by atoms with Gasteiger partial charge in [0.05, 0.1) is 0 Å². The maximum Gasteiger partial charge on any atom is 0.350 e. The Labute approximate surface area is 132 Å². The molecule has 1 amide bonds. The Morgan fingerprint density at radius 1 is 1.17 bits per heavy atom. The van der Waals surface area contributed by atoms with Gasteiger partial charge < -0.3 is 19.7 Å². The van der Waals surface area contributed by atoms with Crippen LogP contribution >= 0.6 is 0 Å². The van der Waals surface area contributed by atoms with E-state index in [1.54, 1.807) is 30.1 Å². The van der Waals surface area contributed by atoms with Gasteiger partial charge in [-0.25, -0.2) is 9.59 Å². The van der Waals surface area contributed by atoms with Gasteiger partial charge in [-0.3, -0.25) is 4.79 Å². The molecule has 2 heterocycles. The lowest BCUT2D eigenvalue weighted by Crippen LogP contribution is -2.42. The number of benzene rings is 1. The molecule has 1 fully saturated rings. The van der Waals surface area contributed by atoms with E-state index < -0.39 is 17.7 Å². The van der Waals surface area contributed by atoms with Crippen LogP contribution in [0.4, 0.5) is 5.69 Å². The van der Waals surface area contributed by atoms with Crippen LogP contribution in [-0.2, 0) is 25.6 Å². The van der Waals surface area contributed by atoms with Crippen LogP contribution in [0.1, 0.15) is 29.8 Å². The first-order valence-electron chi connectivity index (χ1n) is 7.09. The molecule has 7 nitrogen and oxygen atoms in total. The molecule has 0 saturated carbocycles. The number of carbonyl (C=O) groups excluding carboxylic acids is 3. The third-order valence-corrected chi connectivity index (χ3v) is 3.64. The van der Waals surface area contributed by atoms with Gasteiger partial charge >= 0.3 is 11.9 Å². The predicted molar refractivity (Wildman–Crippen MR) is 80.2 cm³/mol. The fourth-order valence-corrected chi connectivity index (χ4v) is 2.54. The molecule has 1 aromatic carbocycles. The molecule has 1 saturated heterocycles. The third-order valence-electron chi connectivity index (χ3n) is 3.64. The van der Waals surface area contributed by atoms with Gasteiger partial charge in [0.25, 0.3) is 11.7 Å². The first-order chi connectivity index (χ1) is 10.8. The monoisotopic (exact) mass is 316 g/mol. The highest BCUT2D eigenvalue weighted by Crippen LogP contribution is 2.29. The number of fused-ring (bicyclic) bond motifs is 1. The average Bonchev–Trinajstić information content (AvgIpc) is 2.73. The van der Waals surface area contributed by atoms with Crippen molar-refractivity contribution in [1.29, 1.82) is 0 Å². The third kappa shape index (κ3) is 2.65. The van der Waals surface area contributed by atoms with E-state index in [1.807, 2.05) is 0 Å². The summed E-state index contributed by atoms with van der Waals surface area (Å²) in [7, 11) is 1.71. The number of hydrogen-bond donors (Lipinski definition) is 1. The Hall–Kier alpha value is -2.83. The van der Waals surface area contributed by atoms with Gasteiger partial charge in [0.15, 0.2) is 5.57 Å². The van der Waals surface area contributed by atoms with E-state index in [0.717, 1.165) is 5.56 Å². The van der Waals surface area contributed by atoms with E-state index in [-0.39, 0.29) is 11.5 Å². The number of anilines is 1. The molecule has 3 rings (SSSR count). The summed E-state index contributed by atoms with van der Waals surface area (Å²) in [6.07, 6.45) is 1.25. The van der Waals surface area contributed by atoms with Crippen molar-refractivity contribution in [2.75, 3.05) is 12.4 Å². The van der Waals surface area contributed by atoms with Gasteiger partial charge in [0, 0.05) is 50.5 Å². The Kier molecular flexibility index (Phi) is 3.35. The smallest absolute Gasteiger partial charge is 0.350 e. The van der Waals surface area contributed by atoms with Crippen molar-refractivity contribution in [3.63, 3.8) is 0 Å². The van der Waals surface area contributed by atoms with Gasteiger partial charge in [-0.15, -0.1) is 0 Å². The standard InChI is InChI=1S/C16H16N2O5/c1-16(2)22-14(20)10(15(21)23-16)7-17-12-6-4-5-9-11(12)8-18(3)13(9)19/h4-7,17H,8H2,1-3H3. The minimum Gasteiger partial charge on any atom is -0.419 e. The van der Waals surface area contributed by atoms with E-state index in [4.69, 9.17) is 9.47 Å². The number of amides is 1. The second-order valence-electron chi connectivity index (χ2n) is 5.87. The summed E-state index contributed by atoms with van der Waals surface area (Å²) in [5.74, 6) is -2.83. The molecular weight excluding hydrogens is 300 g/mol. The van der Waals surface area contributed by atoms with Crippen LogP contribution in [0, 0.1) is 0 Å². The zero-order valence-electron chi connectivity index (χ0n) is 13.0. The average molecular weight is 316 g/mol. The van der Waals surface area contributed by atoms with Crippen LogP contribution in [0.3, 0.4) is 0 Å². The number of nitrogens with one attached hydrogen (secondary N) is 1. The number of hydrogen-bond acceptors (Lipinski definition) is 6. The molecule has 0 bridgehead atoms. The van der Waals surface area contributed by atoms with Crippen molar-refractivity contribution in [1.82, 2.24) is 4.90 Å². The molecule has 0 spiro atoms. The first kappa shape index (κ1) is 15.1. The van der Waals surface area contributed by atoms with Gasteiger partial charge in [-0.05, 0) is 12.1 Å². The maximum absolute atomic E-state index is 12.0. The summed E-state index contributed by atoms with van der Waals surface area (Å²) in [6, 6.07) is 5.24. The molecule has 0 atom stereocenters. The zero-order valence-corrected chi connectivity index (χ0v) is 13.0. The Morgan fingerprint density at radius 3 is 2.48 bits per heavy atom. The van der Waals surface area contributed by atoms with Crippen molar-refractivity contribution >= 4 is 23.5 Å². The van der Waals surface area contributed by atoms with E-state index in [2.05, 4.69) is 5.32 Å². The quantitative estimate of drug-likeness (QED) is 0.504. The number of carbonyl (C=O) groups is 3. The summed E-state index contributed by atoms with van der Waals surface area (Å²) >= 11 is 0. The largest absolute Gasteiger partial charge is 0.419 e. The van der Waals surface area contributed by atoms with E-state index in [0.29, 0.717) is 17.8 Å². The number of ether oxygens (including phenoxy) is 2. The van der Waals surface area contributed by atoms with Crippen LogP contribution in [0.2, 0.25) is 0 Å². The number of nitrogens with zero attached hydrogens (tertiary/aromatic N) is 1. The molecular formula is C16H16N2O5. The van der Waals surface area contributed by atoms with Gasteiger partial charge in [-0.2, -0.15) is 0 Å². The lowest BCUT2D eigenvalue weighted by atomic mass is 10.1. The fraction of sp³-hybridized carbons (Fsp3) is 0.312. The van der Waals surface area contributed by atoms with E-state index in [9.17, 15) is 14.4 Å². The molecule has 0 radical (unpaired) electrons. The lowest BCUT2D eigenvalue weighted by Gasteiger charge is -2.29. The van der Waals surface area contributed by atoms with Crippen molar-refractivity contribution in [2.24, 2.45) is 0 Å². The Balaban J connectivity index is 1.86. The van der Waals surface area contributed by atoms with Crippen molar-refractivity contribution < 1.29 is 23.9 Å². The molecule has 23 heavy (non-hydrogen) atoms. The molecule has 7 heteroatoms. The Morgan fingerprint density at radius 2 is 1.83 bits per heavy atom. The summed E-state index contributed by atoms with van der Waals surface area (Å²) in [4.78, 5) is 37.3. The topological polar surface area (TPSA) is 84.9 Å². The summed E-state index contributed by atoms with van der Waals surface area (Å²) in [5, 5.41) is 2.90. The number of cyclic esters (lactones) is 2. The zero-order chi connectivity index (χ0) is 16.8. The van der Waals surface area contributed by atoms with E-state index in [1.165, 1.54) is 20.0 Å². The van der Waals surface area contributed by atoms with Crippen LogP contribution in [0.5, 0.6) is 0 Å². The molecule has 0 aromatic heterocycles. The SMILES string of the molecule is CN1Cc2c(NC=C3C(=O)OC(C)(C)OC3=O)cccc2C1=O. The van der Waals surface area contributed by atoms with Crippen LogP contribution < -0.4 is 5.32 Å². The van der Waals surface area contributed by atoms with Crippen LogP contribution in [0.25, 0.3) is 0 Å². The van der Waals surface area contributed by atoms with Crippen LogP contribution in [0.15, 0.2) is 30.0 Å². The molecule has 0 unspecified atom stereocenters. The Bertz CT molecular complexity index is 729. The highest BCUT2D eigenvalue weighted by atomic mass is 16.7. The summed E-state index contributed by atoms with van der Waals surface area (Å²) in [6.45, 7) is 3.43. The second-order valence-corrected chi connectivity index (χ2v) is 5.87. The van der Waals surface area contributed by atoms with E-state index >= 15 is 0 Å². The van der Waals surface area contributed by atoms with Crippen molar-refractivity contribution in [3.05, 3.63) is 41.1 Å². The highest BCUT2D eigenvalue weighted by molar-refractivity contribution is 6.15. The maximum atomic E-state index is 12.0. The summed E-state index contributed by atoms with van der Waals surface area (Å²) < 4.78 is 10.0. The van der Waals surface area contributed by atoms with Crippen molar-refractivity contribution in [2.45, 2.75) is 26.2 Å². The van der Waals surface area contributed by atoms with Crippen LogP contribution in [-0.4, -0.2) is 35.6 Å². The predicted octanol–water partition coefficient (Wildman–Crippen LogP) is 1.40. The highest BCUT2D eigenvalue weighted by Gasteiger charge is 2.39. The molecule has 2 aliphatic rings. The molecule has 1 aromatic rings. The van der Waals surface area contributed by atoms with Gasteiger partial charge in [0.2, 0.25) is 0 Å². The van der Waals surface area contributed by atoms with Crippen molar-refractivity contribution in [3.8, 4) is 0 Å². The molecule has 0 aliphatic carbocycles. The number of esters is 2. The fourth-order valence-electron chi connectivity index (χ4n) is 2.54. The molecule has 2 aliphatic heterocycles. The molecule has 120 valence electrons. The first-order valence-corrected chi connectivity index (χ1v) is 7.09. The minimum atomic E-state index is -1.27. The van der Waals surface area contributed by atoms with Gasteiger partial charge in [-0.1, -0.05) is 6.07 Å². The minimum absolute atomic E-state index is 0.0606. The van der Waals surface area contributed by atoms with Gasteiger partial charge in [0.1, 0.15) is 0 Å². The normalized spacial score (nSPS) is 19.2. The lowest BCUT2D eigenvalue weighted by molar-refractivity contribution is -0.222. The number of rotatable bonds is 2.